The molecule has 0 saturated carbocycles. The van der Waals surface area contributed by atoms with Crippen LogP contribution in [0.4, 0.5) is 11.6 Å². The number of hydrogen-bond acceptors (Lipinski definition) is 6. The zero-order valence-electron chi connectivity index (χ0n) is 11.9. The van der Waals surface area contributed by atoms with E-state index in [1.54, 1.807) is 33.0 Å². The molecule has 0 spiro atoms. The first-order chi connectivity index (χ1) is 9.81. The highest BCUT2D eigenvalue weighted by Crippen LogP contribution is 2.34. The second kappa shape index (κ2) is 5.23. The van der Waals surface area contributed by atoms with E-state index in [-0.39, 0.29) is 17.2 Å². The number of nitrogens with zero attached hydrogens (tertiary/aromatic N) is 4. The minimum Gasteiger partial charge on any atom is -0.502 e. The Labute approximate surface area is 120 Å². The lowest BCUT2D eigenvalue weighted by Gasteiger charge is -2.06. The van der Waals surface area contributed by atoms with E-state index in [1.165, 1.54) is 10.9 Å². The van der Waals surface area contributed by atoms with Gasteiger partial charge in [0.15, 0.2) is 0 Å². The molecule has 2 aromatic rings. The van der Waals surface area contributed by atoms with E-state index in [0.29, 0.717) is 16.8 Å². The number of rotatable bonds is 3. The fourth-order valence-corrected chi connectivity index (χ4v) is 1.95. The molecule has 0 saturated heterocycles. The maximum Gasteiger partial charge on any atom is 0.314 e. The number of aromatic nitrogens is 2. The summed E-state index contributed by atoms with van der Waals surface area (Å²) < 4.78 is 1.33. The fourth-order valence-electron chi connectivity index (χ4n) is 1.95. The van der Waals surface area contributed by atoms with Crippen molar-refractivity contribution in [3.8, 4) is 5.75 Å². The molecule has 0 atom stereocenters. The van der Waals surface area contributed by atoms with E-state index >= 15 is 0 Å². The van der Waals surface area contributed by atoms with E-state index < -0.39 is 10.7 Å². The Hall–Kier alpha value is -2.90. The number of phenols is 1. The minimum atomic E-state index is -0.606. The molecule has 0 bridgehead atoms. The number of phenolic OH excluding ortho intramolecular Hbond substituents is 1. The number of anilines is 1. The Kier molecular flexibility index (Phi) is 3.62. The molecule has 8 heteroatoms. The molecule has 0 aliphatic rings. The maximum absolute atomic E-state index is 11.0. The van der Waals surface area contributed by atoms with Gasteiger partial charge in [-0.05, 0) is 32.4 Å². The van der Waals surface area contributed by atoms with Gasteiger partial charge in [0.05, 0.1) is 23.0 Å². The van der Waals surface area contributed by atoms with Gasteiger partial charge < -0.3 is 10.8 Å². The number of nitro groups is 1. The summed E-state index contributed by atoms with van der Waals surface area (Å²) in [7, 11) is 0. The van der Waals surface area contributed by atoms with Gasteiger partial charge in [-0.3, -0.25) is 10.1 Å². The molecule has 0 radical (unpaired) electrons. The summed E-state index contributed by atoms with van der Waals surface area (Å²) in [6.07, 6.45) is 2.92. The molecule has 0 aliphatic heterocycles. The molecule has 2 rings (SSSR count). The van der Waals surface area contributed by atoms with E-state index in [1.807, 2.05) is 0 Å². The normalized spacial score (nSPS) is 11.2. The first-order valence-electron chi connectivity index (χ1n) is 6.14. The van der Waals surface area contributed by atoms with Gasteiger partial charge >= 0.3 is 5.69 Å². The third-order valence-corrected chi connectivity index (χ3v) is 3.16. The van der Waals surface area contributed by atoms with Gasteiger partial charge in [-0.25, -0.2) is 9.66 Å². The Morgan fingerprint density at radius 1 is 1.48 bits per heavy atom. The molecule has 1 aromatic heterocycles. The fraction of sp³-hybridized carbons (Fsp3) is 0.231. The number of nitrogens with two attached hydrogens (primary N) is 1. The van der Waals surface area contributed by atoms with Gasteiger partial charge in [0.2, 0.25) is 11.7 Å². The highest BCUT2D eigenvalue weighted by atomic mass is 16.6. The van der Waals surface area contributed by atoms with Crippen molar-refractivity contribution in [1.82, 2.24) is 9.66 Å². The summed E-state index contributed by atoms with van der Waals surface area (Å²) in [6, 6.07) is 1.63. The standard InChI is InChI=1S/C13H15N5O3/c1-7-4-10(12(19)11(9(7)3)18(20)21)5-15-17-6-8(2)16-13(17)14/h4-6,19H,1-3H3,(H2,14,16). The highest BCUT2D eigenvalue weighted by molar-refractivity contribution is 5.87. The molecule has 1 heterocycles. The van der Waals surface area contributed by atoms with Crippen LogP contribution in [0.3, 0.4) is 0 Å². The number of nitro benzene ring substituents is 1. The van der Waals surface area contributed by atoms with Crippen LogP contribution >= 0.6 is 0 Å². The van der Waals surface area contributed by atoms with Crippen molar-refractivity contribution in [3.05, 3.63) is 44.8 Å². The number of nitrogen functional groups attached to an aromatic ring is 1. The molecule has 0 unspecified atom stereocenters. The average Bonchev–Trinajstić information content (AvgIpc) is 2.70. The van der Waals surface area contributed by atoms with Gasteiger partial charge in [-0.15, -0.1) is 0 Å². The van der Waals surface area contributed by atoms with Crippen LogP contribution in [0.25, 0.3) is 0 Å². The van der Waals surface area contributed by atoms with Crippen LogP contribution in [0, 0.1) is 30.9 Å². The summed E-state index contributed by atoms with van der Waals surface area (Å²) in [5.41, 5.74) is 7.38. The van der Waals surface area contributed by atoms with Crippen LogP contribution in [-0.4, -0.2) is 25.9 Å². The van der Waals surface area contributed by atoms with Crippen molar-refractivity contribution in [2.24, 2.45) is 5.10 Å². The molecule has 110 valence electrons. The quantitative estimate of drug-likeness (QED) is 0.508. The van der Waals surface area contributed by atoms with Crippen molar-refractivity contribution in [3.63, 3.8) is 0 Å². The molecule has 0 amide bonds. The second-order valence-corrected chi connectivity index (χ2v) is 4.69. The van der Waals surface area contributed by atoms with E-state index in [9.17, 15) is 15.2 Å². The summed E-state index contributed by atoms with van der Waals surface area (Å²) in [5, 5.41) is 25.1. The summed E-state index contributed by atoms with van der Waals surface area (Å²) >= 11 is 0. The van der Waals surface area contributed by atoms with E-state index in [0.717, 1.165) is 0 Å². The Bertz CT molecular complexity index is 749. The number of aromatic hydroxyl groups is 1. The molecule has 0 fully saturated rings. The molecule has 8 nitrogen and oxygen atoms in total. The van der Waals surface area contributed by atoms with Crippen molar-refractivity contribution < 1.29 is 10.0 Å². The highest BCUT2D eigenvalue weighted by Gasteiger charge is 2.21. The van der Waals surface area contributed by atoms with Gasteiger partial charge in [0.1, 0.15) is 0 Å². The predicted molar refractivity (Wildman–Crippen MR) is 78.6 cm³/mol. The first kappa shape index (κ1) is 14.5. The van der Waals surface area contributed by atoms with Crippen LogP contribution in [0.1, 0.15) is 22.4 Å². The van der Waals surface area contributed by atoms with Crippen molar-refractivity contribution in [2.75, 3.05) is 5.73 Å². The van der Waals surface area contributed by atoms with Gasteiger partial charge in [0.25, 0.3) is 0 Å². The first-order valence-corrected chi connectivity index (χ1v) is 6.14. The lowest BCUT2D eigenvalue weighted by molar-refractivity contribution is -0.386. The van der Waals surface area contributed by atoms with Gasteiger partial charge in [-0.2, -0.15) is 5.10 Å². The van der Waals surface area contributed by atoms with Crippen LogP contribution in [0.2, 0.25) is 0 Å². The Morgan fingerprint density at radius 3 is 2.67 bits per heavy atom. The van der Waals surface area contributed by atoms with E-state index in [2.05, 4.69) is 10.1 Å². The lowest BCUT2D eigenvalue weighted by atomic mass is 10.0. The van der Waals surface area contributed by atoms with Crippen molar-refractivity contribution in [2.45, 2.75) is 20.8 Å². The molecule has 3 N–H and O–H groups in total. The largest absolute Gasteiger partial charge is 0.502 e. The zero-order chi connectivity index (χ0) is 15.7. The van der Waals surface area contributed by atoms with Crippen LogP contribution < -0.4 is 5.73 Å². The Morgan fingerprint density at radius 2 is 2.14 bits per heavy atom. The third-order valence-electron chi connectivity index (χ3n) is 3.16. The van der Waals surface area contributed by atoms with Crippen molar-refractivity contribution >= 4 is 17.9 Å². The molecule has 0 aliphatic carbocycles. The zero-order valence-corrected chi connectivity index (χ0v) is 11.9. The number of benzene rings is 1. The number of hydrogen-bond donors (Lipinski definition) is 2. The smallest absolute Gasteiger partial charge is 0.314 e. The molecular formula is C13H15N5O3. The van der Waals surface area contributed by atoms with E-state index in [4.69, 9.17) is 5.73 Å². The van der Waals surface area contributed by atoms with Gasteiger partial charge in [0, 0.05) is 11.1 Å². The third kappa shape index (κ3) is 2.69. The molecule has 1 aromatic carbocycles. The van der Waals surface area contributed by atoms with Crippen molar-refractivity contribution in [1.29, 1.82) is 0 Å². The molecule has 21 heavy (non-hydrogen) atoms. The molecular weight excluding hydrogens is 274 g/mol. The predicted octanol–water partition coefficient (Wildman–Crippen LogP) is 1.89. The van der Waals surface area contributed by atoms with Crippen LogP contribution in [0.15, 0.2) is 17.4 Å². The summed E-state index contributed by atoms with van der Waals surface area (Å²) in [5.74, 6) is -0.219. The van der Waals surface area contributed by atoms with Crippen LogP contribution in [0.5, 0.6) is 5.75 Å². The number of aryl methyl sites for hydroxylation is 2. The summed E-state index contributed by atoms with van der Waals surface area (Å²) in [4.78, 5) is 14.4. The van der Waals surface area contributed by atoms with Gasteiger partial charge in [-0.1, -0.05) is 0 Å². The monoisotopic (exact) mass is 289 g/mol. The second-order valence-electron chi connectivity index (χ2n) is 4.69. The minimum absolute atomic E-state index is 0.196. The number of imidazole rings is 1. The maximum atomic E-state index is 11.0. The average molecular weight is 289 g/mol. The Balaban J connectivity index is 2.50. The summed E-state index contributed by atoms with van der Waals surface area (Å²) in [6.45, 7) is 5.08. The van der Waals surface area contributed by atoms with Crippen LogP contribution in [-0.2, 0) is 0 Å². The SMILES string of the molecule is Cc1cn(N=Cc2cc(C)c(C)c([N+](=O)[O-])c2O)c(N)n1. The lowest BCUT2D eigenvalue weighted by Crippen LogP contribution is -2.00. The topological polar surface area (TPSA) is 120 Å².